The van der Waals surface area contributed by atoms with Crippen molar-refractivity contribution in [2.24, 2.45) is 0 Å². The topological polar surface area (TPSA) is 83.9 Å². The zero-order valence-corrected chi connectivity index (χ0v) is 16.4. The molecule has 0 spiro atoms. The number of nitrogens with zero attached hydrogens (tertiary/aromatic N) is 1. The number of ether oxygens (including phenoxy) is 1. The van der Waals surface area contributed by atoms with Crippen LogP contribution in [0.15, 0.2) is 45.8 Å². The van der Waals surface area contributed by atoms with Crippen LogP contribution in [-0.4, -0.2) is 33.1 Å². The maximum Gasteiger partial charge on any atom is 0.324 e. The predicted molar refractivity (Wildman–Crippen MR) is 98.8 cm³/mol. The summed E-state index contributed by atoms with van der Waals surface area (Å²) in [5.41, 5.74) is 1.73. The summed E-state index contributed by atoms with van der Waals surface area (Å²) in [6, 6.07) is 9.30. The molecule has 0 aliphatic carbocycles. The Bertz CT molecular complexity index is 911. The Hall–Kier alpha value is -2.06. The van der Waals surface area contributed by atoms with Crippen LogP contribution in [-0.2, 0) is 14.8 Å². The van der Waals surface area contributed by atoms with Crippen molar-refractivity contribution in [2.45, 2.75) is 18.7 Å². The first-order chi connectivity index (χ1) is 11.7. The van der Waals surface area contributed by atoms with Gasteiger partial charge in [0.25, 0.3) is 10.0 Å². The number of sulfonamides is 1. The van der Waals surface area contributed by atoms with Crippen LogP contribution in [0.2, 0.25) is 0 Å². The van der Waals surface area contributed by atoms with Crippen molar-refractivity contribution in [2.75, 3.05) is 18.0 Å². The van der Waals surface area contributed by atoms with E-state index in [0.29, 0.717) is 11.3 Å². The fraction of sp³-hybridized carbons (Fsp3) is 0.235. The number of methoxy groups -OCH3 is 1. The van der Waals surface area contributed by atoms with Crippen LogP contribution in [0.25, 0.3) is 0 Å². The van der Waals surface area contributed by atoms with E-state index in [1.807, 2.05) is 0 Å². The number of hydrogen-bond acceptors (Lipinski definition) is 4. The number of aliphatic carboxylic acids is 1. The van der Waals surface area contributed by atoms with E-state index in [-0.39, 0.29) is 10.6 Å². The first kappa shape index (κ1) is 19.3. The van der Waals surface area contributed by atoms with E-state index < -0.39 is 22.5 Å². The number of rotatable bonds is 6. The van der Waals surface area contributed by atoms with Gasteiger partial charge in [0.2, 0.25) is 0 Å². The highest BCUT2D eigenvalue weighted by Gasteiger charge is 2.28. The average molecular weight is 428 g/mol. The third-order valence-corrected chi connectivity index (χ3v) is 6.32. The maximum absolute atomic E-state index is 13.0. The van der Waals surface area contributed by atoms with Gasteiger partial charge in [0.1, 0.15) is 12.3 Å². The number of halogens is 1. The minimum Gasteiger partial charge on any atom is -0.496 e. The van der Waals surface area contributed by atoms with Crippen LogP contribution in [0, 0.1) is 13.8 Å². The largest absolute Gasteiger partial charge is 0.496 e. The molecule has 25 heavy (non-hydrogen) atoms. The summed E-state index contributed by atoms with van der Waals surface area (Å²) in [7, 11) is -2.55. The highest BCUT2D eigenvalue weighted by molar-refractivity contribution is 9.10. The van der Waals surface area contributed by atoms with Gasteiger partial charge in [0.05, 0.1) is 17.7 Å². The first-order valence-electron chi connectivity index (χ1n) is 7.32. The second-order valence-corrected chi connectivity index (χ2v) is 8.19. The molecule has 0 heterocycles. The molecule has 0 unspecified atom stereocenters. The van der Waals surface area contributed by atoms with Crippen LogP contribution >= 0.6 is 15.9 Å². The summed E-state index contributed by atoms with van der Waals surface area (Å²) < 4.78 is 32.9. The second-order valence-electron chi connectivity index (χ2n) is 5.47. The normalized spacial score (nSPS) is 11.2. The number of benzene rings is 2. The predicted octanol–water partition coefficient (Wildman–Crippen LogP) is 3.35. The van der Waals surface area contributed by atoms with Crippen LogP contribution in [0.1, 0.15) is 11.1 Å². The standard InChI is InChI=1S/C17H18BrNO5S/c1-11-8-13(4-6-15(11)18)19(10-17(20)21)25(22,23)14-5-7-16(24-3)12(2)9-14/h4-9H,10H2,1-3H3,(H,20,21). The molecule has 1 N–H and O–H groups in total. The number of aryl methyl sites for hydroxylation is 2. The minimum atomic E-state index is -4.04. The summed E-state index contributed by atoms with van der Waals surface area (Å²) >= 11 is 3.35. The number of hydrogen-bond donors (Lipinski definition) is 1. The molecule has 2 rings (SSSR count). The highest BCUT2D eigenvalue weighted by atomic mass is 79.9. The average Bonchev–Trinajstić information content (AvgIpc) is 2.55. The van der Waals surface area contributed by atoms with E-state index in [4.69, 9.17) is 4.74 Å². The Morgan fingerprint density at radius 1 is 1.16 bits per heavy atom. The van der Waals surface area contributed by atoms with Crippen molar-refractivity contribution < 1.29 is 23.1 Å². The SMILES string of the molecule is COc1ccc(S(=O)(=O)N(CC(=O)O)c2ccc(Br)c(C)c2)cc1C. The summed E-state index contributed by atoms with van der Waals surface area (Å²) in [6.07, 6.45) is 0. The Morgan fingerprint density at radius 2 is 1.84 bits per heavy atom. The van der Waals surface area contributed by atoms with Gasteiger partial charge in [-0.1, -0.05) is 15.9 Å². The quantitative estimate of drug-likeness (QED) is 0.763. The lowest BCUT2D eigenvalue weighted by Gasteiger charge is -2.23. The molecule has 0 saturated carbocycles. The molecule has 0 saturated heterocycles. The van der Waals surface area contributed by atoms with Gasteiger partial charge in [-0.3, -0.25) is 9.10 Å². The summed E-state index contributed by atoms with van der Waals surface area (Å²) in [5.74, 6) is -0.683. The molecule has 2 aromatic carbocycles. The van der Waals surface area contributed by atoms with Crippen LogP contribution in [0.4, 0.5) is 5.69 Å². The molecule has 0 aliphatic heterocycles. The van der Waals surface area contributed by atoms with Gasteiger partial charge in [-0.05, 0) is 61.4 Å². The lowest BCUT2D eigenvalue weighted by atomic mass is 10.2. The molecular weight excluding hydrogens is 410 g/mol. The van der Waals surface area contributed by atoms with E-state index in [0.717, 1.165) is 14.3 Å². The zero-order chi connectivity index (χ0) is 18.8. The van der Waals surface area contributed by atoms with Gasteiger partial charge in [0, 0.05) is 4.47 Å². The number of carboxylic acids is 1. The molecule has 8 heteroatoms. The van der Waals surface area contributed by atoms with Crippen molar-refractivity contribution >= 4 is 37.6 Å². The van der Waals surface area contributed by atoms with Gasteiger partial charge >= 0.3 is 5.97 Å². The Morgan fingerprint density at radius 3 is 2.36 bits per heavy atom. The number of anilines is 1. The van der Waals surface area contributed by atoms with E-state index in [9.17, 15) is 18.3 Å². The molecule has 0 amide bonds. The third-order valence-electron chi connectivity index (χ3n) is 3.66. The zero-order valence-electron chi connectivity index (χ0n) is 14.0. The lowest BCUT2D eigenvalue weighted by Crippen LogP contribution is -2.35. The molecule has 134 valence electrons. The Balaban J connectivity index is 2.57. The van der Waals surface area contributed by atoms with Crippen LogP contribution in [0.3, 0.4) is 0 Å². The van der Waals surface area contributed by atoms with E-state index in [1.54, 1.807) is 38.1 Å². The molecule has 0 bridgehead atoms. The van der Waals surface area contributed by atoms with E-state index in [2.05, 4.69) is 15.9 Å². The molecule has 0 aromatic heterocycles. The molecule has 2 aromatic rings. The summed E-state index contributed by atoms with van der Waals surface area (Å²) in [6.45, 7) is 2.86. The molecule has 0 aliphatic rings. The van der Waals surface area contributed by atoms with Gasteiger partial charge in [-0.15, -0.1) is 0 Å². The third kappa shape index (κ3) is 4.13. The van der Waals surface area contributed by atoms with Gasteiger partial charge in [0.15, 0.2) is 0 Å². The van der Waals surface area contributed by atoms with Gasteiger partial charge < -0.3 is 9.84 Å². The monoisotopic (exact) mass is 427 g/mol. The van der Waals surface area contributed by atoms with Crippen molar-refractivity contribution in [3.05, 3.63) is 52.0 Å². The summed E-state index contributed by atoms with van der Waals surface area (Å²) in [5, 5.41) is 9.18. The molecule has 6 nitrogen and oxygen atoms in total. The first-order valence-corrected chi connectivity index (χ1v) is 9.55. The van der Waals surface area contributed by atoms with Gasteiger partial charge in [-0.2, -0.15) is 0 Å². The number of carbonyl (C=O) groups is 1. The Labute approximate surface area is 155 Å². The van der Waals surface area contributed by atoms with Crippen molar-refractivity contribution in [3.63, 3.8) is 0 Å². The van der Waals surface area contributed by atoms with E-state index in [1.165, 1.54) is 19.2 Å². The van der Waals surface area contributed by atoms with Gasteiger partial charge in [-0.25, -0.2) is 8.42 Å². The minimum absolute atomic E-state index is 0.00706. The maximum atomic E-state index is 13.0. The fourth-order valence-electron chi connectivity index (χ4n) is 2.36. The summed E-state index contributed by atoms with van der Waals surface area (Å²) in [4.78, 5) is 11.3. The van der Waals surface area contributed by atoms with E-state index >= 15 is 0 Å². The fourth-order valence-corrected chi connectivity index (χ4v) is 4.10. The second kappa shape index (κ2) is 7.45. The Kier molecular flexibility index (Phi) is 5.74. The van der Waals surface area contributed by atoms with Crippen LogP contribution in [0.5, 0.6) is 5.75 Å². The molecular formula is C17H18BrNO5S. The molecule has 0 radical (unpaired) electrons. The van der Waals surface area contributed by atoms with Crippen LogP contribution < -0.4 is 9.04 Å². The van der Waals surface area contributed by atoms with Crippen molar-refractivity contribution in [1.82, 2.24) is 0 Å². The molecule has 0 atom stereocenters. The smallest absolute Gasteiger partial charge is 0.324 e. The van der Waals surface area contributed by atoms with Crippen molar-refractivity contribution in [1.29, 1.82) is 0 Å². The highest BCUT2D eigenvalue weighted by Crippen LogP contribution is 2.29. The number of carboxylic acid groups (broad SMARTS) is 1. The van der Waals surface area contributed by atoms with Crippen molar-refractivity contribution in [3.8, 4) is 5.75 Å². The lowest BCUT2D eigenvalue weighted by molar-refractivity contribution is -0.135. The molecule has 0 fully saturated rings.